The highest BCUT2D eigenvalue weighted by Gasteiger charge is 2.33. The monoisotopic (exact) mass is 304 g/mol. The summed E-state index contributed by atoms with van der Waals surface area (Å²) in [5.41, 5.74) is 1.23. The van der Waals surface area contributed by atoms with Gasteiger partial charge in [0.2, 0.25) is 0 Å². The van der Waals surface area contributed by atoms with Gasteiger partial charge in [-0.05, 0) is 31.6 Å². The molecule has 3 aliphatic rings. The Morgan fingerprint density at radius 3 is 3.09 bits per heavy atom. The minimum atomic E-state index is -0.0237. The van der Waals surface area contributed by atoms with Crippen LogP contribution in [0, 0.1) is 5.92 Å². The first kappa shape index (κ1) is 14.1. The van der Waals surface area contributed by atoms with E-state index in [1.54, 1.807) is 0 Å². The summed E-state index contributed by atoms with van der Waals surface area (Å²) >= 11 is 0. The Hall–Kier alpha value is -1.56. The molecule has 1 aliphatic carbocycles. The van der Waals surface area contributed by atoms with Crippen molar-refractivity contribution in [3.63, 3.8) is 0 Å². The first-order chi connectivity index (χ1) is 10.8. The number of rotatable bonds is 3. The number of hydrogen-bond acceptors (Lipinski definition) is 3. The molecule has 22 heavy (non-hydrogen) atoms. The molecular weight excluding hydrogens is 280 g/mol. The summed E-state index contributed by atoms with van der Waals surface area (Å²) in [6, 6.07) is 2.22. The number of ether oxygens (including phenoxy) is 1. The minimum Gasteiger partial charge on any atom is -0.377 e. The quantitative estimate of drug-likeness (QED) is 0.932. The van der Waals surface area contributed by atoms with Gasteiger partial charge in [-0.2, -0.15) is 5.10 Å². The number of carbonyl (C=O) groups is 1. The maximum atomic E-state index is 12.6. The Labute approximate surface area is 130 Å². The first-order valence-corrected chi connectivity index (χ1v) is 8.52. The number of amides is 2. The predicted octanol–water partition coefficient (Wildman–Crippen LogP) is 2.25. The van der Waals surface area contributed by atoms with E-state index in [1.165, 1.54) is 31.4 Å². The molecule has 120 valence electrons. The molecule has 1 saturated heterocycles. The fourth-order valence-corrected chi connectivity index (χ4v) is 3.52. The number of nitrogens with zero attached hydrogens (tertiary/aromatic N) is 3. The summed E-state index contributed by atoms with van der Waals surface area (Å²) in [7, 11) is 0. The zero-order chi connectivity index (χ0) is 14.9. The fourth-order valence-electron chi connectivity index (χ4n) is 3.52. The van der Waals surface area contributed by atoms with E-state index in [2.05, 4.69) is 10.4 Å². The maximum Gasteiger partial charge on any atom is 0.323 e. The van der Waals surface area contributed by atoms with Crippen molar-refractivity contribution in [3.05, 3.63) is 11.8 Å². The highest BCUT2D eigenvalue weighted by molar-refractivity contribution is 5.88. The van der Waals surface area contributed by atoms with Gasteiger partial charge in [-0.15, -0.1) is 0 Å². The average molecular weight is 304 g/mol. The normalized spacial score (nSPS) is 24.9. The average Bonchev–Trinajstić information content (AvgIpc) is 3.25. The highest BCUT2D eigenvalue weighted by atomic mass is 16.5. The third-order valence-corrected chi connectivity index (χ3v) is 4.94. The molecule has 1 N–H and O–H groups in total. The zero-order valence-electron chi connectivity index (χ0n) is 13.0. The van der Waals surface area contributed by atoms with Crippen LogP contribution in [0.15, 0.2) is 6.07 Å². The Bertz CT molecular complexity index is 529. The van der Waals surface area contributed by atoms with Crippen LogP contribution in [-0.2, 0) is 17.7 Å². The van der Waals surface area contributed by atoms with Crippen LogP contribution < -0.4 is 5.32 Å². The number of fused-ring (bicyclic) bond motifs is 1. The van der Waals surface area contributed by atoms with Crippen LogP contribution in [0.4, 0.5) is 10.6 Å². The third-order valence-electron chi connectivity index (χ3n) is 4.94. The molecule has 1 saturated carbocycles. The molecule has 2 fully saturated rings. The van der Waals surface area contributed by atoms with Crippen molar-refractivity contribution in [2.24, 2.45) is 5.92 Å². The van der Waals surface area contributed by atoms with Crippen molar-refractivity contribution in [1.82, 2.24) is 14.7 Å². The number of hydrogen-bond donors (Lipinski definition) is 1. The van der Waals surface area contributed by atoms with E-state index in [1.807, 2.05) is 15.6 Å². The van der Waals surface area contributed by atoms with E-state index >= 15 is 0 Å². The second-order valence-corrected chi connectivity index (χ2v) is 6.73. The Morgan fingerprint density at radius 1 is 1.36 bits per heavy atom. The van der Waals surface area contributed by atoms with Gasteiger partial charge in [-0.1, -0.05) is 12.8 Å². The van der Waals surface area contributed by atoms with Gasteiger partial charge in [0, 0.05) is 24.8 Å². The molecule has 6 nitrogen and oxygen atoms in total. The molecular formula is C16H24N4O2. The number of aromatic nitrogens is 2. The number of urea groups is 1. The molecule has 3 heterocycles. The molecule has 2 amide bonds. The van der Waals surface area contributed by atoms with Gasteiger partial charge in [0.25, 0.3) is 0 Å². The zero-order valence-corrected chi connectivity index (χ0v) is 13.0. The van der Waals surface area contributed by atoms with Crippen molar-refractivity contribution < 1.29 is 9.53 Å². The summed E-state index contributed by atoms with van der Waals surface area (Å²) in [5.74, 6) is 1.49. The standard InChI is InChI=1S/C16H24N4O2/c21-16(17-15-10-13-3-1-2-6-20(13)18-15)19-7-8-22-11-14(19)9-12-4-5-12/h10,12,14H,1-9,11H2,(H,17,18,21). The summed E-state index contributed by atoms with van der Waals surface area (Å²) < 4.78 is 7.59. The molecule has 0 spiro atoms. The van der Waals surface area contributed by atoms with Crippen LogP contribution in [0.3, 0.4) is 0 Å². The van der Waals surface area contributed by atoms with Crippen molar-refractivity contribution in [2.45, 2.75) is 51.1 Å². The summed E-state index contributed by atoms with van der Waals surface area (Å²) in [5, 5.41) is 7.50. The van der Waals surface area contributed by atoms with Crippen molar-refractivity contribution >= 4 is 11.8 Å². The Balaban J connectivity index is 1.42. The fraction of sp³-hybridized carbons (Fsp3) is 0.750. The second-order valence-electron chi connectivity index (χ2n) is 6.73. The molecule has 1 aromatic rings. The molecule has 4 rings (SSSR count). The van der Waals surface area contributed by atoms with Gasteiger partial charge in [0.05, 0.1) is 19.3 Å². The molecule has 0 aromatic carbocycles. The summed E-state index contributed by atoms with van der Waals surface area (Å²) in [4.78, 5) is 14.5. The van der Waals surface area contributed by atoms with E-state index < -0.39 is 0 Å². The van der Waals surface area contributed by atoms with Crippen LogP contribution in [0.2, 0.25) is 0 Å². The molecule has 1 aromatic heterocycles. The smallest absolute Gasteiger partial charge is 0.323 e. The van der Waals surface area contributed by atoms with Crippen LogP contribution >= 0.6 is 0 Å². The third kappa shape index (κ3) is 2.97. The molecule has 2 aliphatic heterocycles. The SMILES string of the molecule is O=C(Nc1cc2n(n1)CCCC2)N1CCOCC1CC1CC1. The number of carbonyl (C=O) groups excluding carboxylic acids is 1. The van der Waals surface area contributed by atoms with Crippen LogP contribution in [-0.4, -0.2) is 46.5 Å². The number of nitrogens with one attached hydrogen (secondary N) is 1. The number of anilines is 1. The lowest BCUT2D eigenvalue weighted by molar-refractivity contribution is 0.0108. The van der Waals surface area contributed by atoms with Crippen LogP contribution in [0.1, 0.15) is 37.8 Å². The number of morpholine rings is 1. The second kappa shape index (κ2) is 5.91. The van der Waals surface area contributed by atoms with Gasteiger partial charge < -0.3 is 9.64 Å². The highest BCUT2D eigenvalue weighted by Crippen LogP contribution is 2.35. The van der Waals surface area contributed by atoms with E-state index in [9.17, 15) is 4.79 Å². The number of aryl methyl sites for hydroxylation is 2. The lowest BCUT2D eigenvalue weighted by atomic mass is 10.1. The molecule has 1 atom stereocenters. The van der Waals surface area contributed by atoms with Crippen LogP contribution in [0.5, 0.6) is 0 Å². The summed E-state index contributed by atoms with van der Waals surface area (Å²) in [6.45, 7) is 2.95. The molecule has 0 bridgehead atoms. The van der Waals surface area contributed by atoms with E-state index in [0.29, 0.717) is 25.6 Å². The predicted molar refractivity (Wildman–Crippen MR) is 82.8 cm³/mol. The molecule has 1 unspecified atom stereocenters. The van der Waals surface area contributed by atoms with Gasteiger partial charge >= 0.3 is 6.03 Å². The van der Waals surface area contributed by atoms with Crippen LogP contribution in [0.25, 0.3) is 0 Å². The largest absolute Gasteiger partial charge is 0.377 e. The van der Waals surface area contributed by atoms with E-state index in [0.717, 1.165) is 25.3 Å². The van der Waals surface area contributed by atoms with Crippen molar-refractivity contribution in [3.8, 4) is 0 Å². The Morgan fingerprint density at radius 2 is 2.27 bits per heavy atom. The molecule has 6 heteroatoms. The summed E-state index contributed by atoms with van der Waals surface area (Å²) in [6.07, 6.45) is 7.14. The molecule has 0 radical (unpaired) electrons. The maximum absolute atomic E-state index is 12.6. The first-order valence-electron chi connectivity index (χ1n) is 8.52. The van der Waals surface area contributed by atoms with Gasteiger partial charge in [-0.3, -0.25) is 10.00 Å². The minimum absolute atomic E-state index is 0.0237. The van der Waals surface area contributed by atoms with Crippen molar-refractivity contribution in [1.29, 1.82) is 0 Å². The van der Waals surface area contributed by atoms with Gasteiger partial charge in [0.1, 0.15) is 0 Å². The van der Waals surface area contributed by atoms with Gasteiger partial charge in [-0.25, -0.2) is 4.79 Å². The van der Waals surface area contributed by atoms with Crippen molar-refractivity contribution in [2.75, 3.05) is 25.1 Å². The topological polar surface area (TPSA) is 59.4 Å². The lowest BCUT2D eigenvalue weighted by Gasteiger charge is -2.35. The van der Waals surface area contributed by atoms with E-state index in [-0.39, 0.29) is 12.1 Å². The van der Waals surface area contributed by atoms with Gasteiger partial charge in [0.15, 0.2) is 5.82 Å². The van der Waals surface area contributed by atoms with E-state index in [4.69, 9.17) is 4.74 Å². The lowest BCUT2D eigenvalue weighted by Crippen LogP contribution is -2.50. The Kier molecular flexibility index (Phi) is 3.78.